The van der Waals surface area contributed by atoms with Gasteiger partial charge >= 0.3 is 6.18 Å². The van der Waals surface area contributed by atoms with Crippen LogP contribution < -0.4 is 10.2 Å². The standard InChI is InChI=1S/C12H14F3N5/c1-2-19(8-6-16-7-8)11-9-5-10(12(13,14)15)18-20(9)4-3-17-11/h3-5,8,16H,2,6-7H2,1H3. The monoisotopic (exact) mass is 285 g/mol. The van der Waals surface area contributed by atoms with Crippen LogP contribution in [-0.2, 0) is 6.18 Å². The fourth-order valence-corrected chi connectivity index (χ4v) is 2.34. The molecule has 0 aromatic carbocycles. The summed E-state index contributed by atoms with van der Waals surface area (Å²) in [6.45, 7) is 4.28. The molecule has 0 spiro atoms. The van der Waals surface area contributed by atoms with E-state index < -0.39 is 11.9 Å². The van der Waals surface area contributed by atoms with Crippen LogP contribution in [-0.4, -0.2) is 40.3 Å². The minimum absolute atomic E-state index is 0.267. The second kappa shape index (κ2) is 4.62. The zero-order valence-corrected chi connectivity index (χ0v) is 10.9. The molecule has 3 rings (SSSR count). The molecular weight excluding hydrogens is 271 g/mol. The van der Waals surface area contributed by atoms with E-state index in [4.69, 9.17) is 0 Å². The van der Waals surface area contributed by atoms with Gasteiger partial charge in [0.2, 0.25) is 0 Å². The Bertz CT molecular complexity index is 617. The van der Waals surface area contributed by atoms with Gasteiger partial charge in [0, 0.05) is 38.1 Å². The number of halogens is 3. The van der Waals surface area contributed by atoms with Crippen LogP contribution in [0.25, 0.3) is 5.52 Å². The molecule has 1 N–H and O–H groups in total. The predicted octanol–water partition coefficient (Wildman–Crippen LogP) is 1.55. The highest BCUT2D eigenvalue weighted by atomic mass is 19.4. The zero-order chi connectivity index (χ0) is 14.3. The highest BCUT2D eigenvalue weighted by Crippen LogP contribution is 2.31. The van der Waals surface area contributed by atoms with Gasteiger partial charge in [0.1, 0.15) is 5.52 Å². The van der Waals surface area contributed by atoms with E-state index in [1.54, 1.807) is 0 Å². The average molecular weight is 285 g/mol. The van der Waals surface area contributed by atoms with Crippen molar-refractivity contribution in [2.75, 3.05) is 24.5 Å². The summed E-state index contributed by atoms with van der Waals surface area (Å²) in [5.41, 5.74) is -0.511. The maximum Gasteiger partial charge on any atom is 0.435 e. The van der Waals surface area contributed by atoms with Gasteiger partial charge in [0.25, 0.3) is 0 Å². The topological polar surface area (TPSA) is 45.5 Å². The lowest BCUT2D eigenvalue weighted by atomic mass is 10.1. The van der Waals surface area contributed by atoms with E-state index in [1.807, 2.05) is 11.8 Å². The van der Waals surface area contributed by atoms with Crippen molar-refractivity contribution >= 4 is 11.3 Å². The summed E-state index contributed by atoms with van der Waals surface area (Å²) in [5, 5.41) is 6.73. The normalized spacial score (nSPS) is 16.4. The molecule has 0 atom stereocenters. The average Bonchev–Trinajstić information content (AvgIpc) is 2.77. The molecule has 20 heavy (non-hydrogen) atoms. The van der Waals surface area contributed by atoms with Crippen molar-refractivity contribution < 1.29 is 13.2 Å². The maximum atomic E-state index is 12.8. The molecule has 1 aliphatic heterocycles. The second-order valence-electron chi connectivity index (χ2n) is 4.71. The molecule has 2 aromatic heterocycles. The number of nitrogens with one attached hydrogen (secondary N) is 1. The number of rotatable bonds is 3. The molecule has 3 heterocycles. The van der Waals surface area contributed by atoms with Gasteiger partial charge in [0.15, 0.2) is 11.5 Å². The number of nitrogens with zero attached hydrogens (tertiary/aromatic N) is 4. The van der Waals surface area contributed by atoms with Crippen molar-refractivity contribution in [3.63, 3.8) is 0 Å². The molecule has 1 fully saturated rings. The largest absolute Gasteiger partial charge is 0.435 e. The van der Waals surface area contributed by atoms with Crippen LogP contribution in [0, 0.1) is 0 Å². The third kappa shape index (κ3) is 2.09. The van der Waals surface area contributed by atoms with Crippen LogP contribution in [0.3, 0.4) is 0 Å². The van der Waals surface area contributed by atoms with E-state index in [0.717, 1.165) is 19.2 Å². The Kier molecular flexibility index (Phi) is 3.04. The molecule has 0 aliphatic carbocycles. The smallest absolute Gasteiger partial charge is 0.350 e. The molecule has 1 aliphatic rings. The van der Waals surface area contributed by atoms with Crippen molar-refractivity contribution in [2.45, 2.75) is 19.1 Å². The zero-order valence-electron chi connectivity index (χ0n) is 10.9. The summed E-state index contributed by atoms with van der Waals surface area (Å²) >= 11 is 0. The minimum atomic E-state index is -4.45. The van der Waals surface area contributed by atoms with Gasteiger partial charge in [-0.1, -0.05) is 0 Å². The Morgan fingerprint density at radius 1 is 1.45 bits per heavy atom. The van der Waals surface area contributed by atoms with Gasteiger partial charge in [-0.2, -0.15) is 18.3 Å². The first-order valence-corrected chi connectivity index (χ1v) is 6.39. The number of anilines is 1. The second-order valence-corrected chi connectivity index (χ2v) is 4.71. The van der Waals surface area contributed by atoms with Crippen molar-refractivity contribution in [3.05, 3.63) is 24.2 Å². The molecule has 0 amide bonds. The van der Waals surface area contributed by atoms with Crippen LogP contribution in [0.15, 0.2) is 18.5 Å². The first-order valence-electron chi connectivity index (χ1n) is 6.39. The van der Waals surface area contributed by atoms with E-state index in [2.05, 4.69) is 15.4 Å². The summed E-state index contributed by atoms with van der Waals surface area (Å²) in [5.74, 6) is 0.546. The van der Waals surface area contributed by atoms with Crippen LogP contribution in [0.4, 0.5) is 19.0 Å². The highest BCUT2D eigenvalue weighted by molar-refractivity contribution is 5.69. The van der Waals surface area contributed by atoms with Crippen molar-refractivity contribution in [2.24, 2.45) is 0 Å². The molecule has 0 saturated carbocycles. The predicted molar refractivity (Wildman–Crippen MR) is 67.7 cm³/mol. The molecule has 2 aromatic rings. The van der Waals surface area contributed by atoms with Crippen LogP contribution in [0.1, 0.15) is 12.6 Å². The number of likely N-dealkylation sites (N-methyl/N-ethyl adjacent to an activating group) is 1. The lowest BCUT2D eigenvalue weighted by Gasteiger charge is -2.38. The van der Waals surface area contributed by atoms with E-state index in [9.17, 15) is 13.2 Å². The number of hydrogen-bond donors (Lipinski definition) is 1. The van der Waals surface area contributed by atoms with Gasteiger partial charge in [-0.05, 0) is 6.92 Å². The van der Waals surface area contributed by atoms with Gasteiger partial charge < -0.3 is 10.2 Å². The van der Waals surface area contributed by atoms with Crippen LogP contribution in [0.2, 0.25) is 0 Å². The van der Waals surface area contributed by atoms with Gasteiger partial charge in [-0.3, -0.25) is 0 Å². The third-order valence-electron chi connectivity index (χ3n) is 3.47. The molecule has 108 valence electrons. The Morgan fingerprint density at radius 2 is 2.20 bits per heavy atom. The summed E-state index contributed by atoms with van der Waals surface area (Å²) in [6.07, 6.45) is -1.54. The van der Waals surface area contributed by atoms with Gasteiger partial charge in [0.05, 0.1) is 6.04 Å². The fourth-order valence-electron chi connectivity index (χ4n) is 2.34. The lowest BCUT2D eigenvalue weighted by molar-refractivity contribution is -0.141. The molecule has 0 unspecified atom stereocenters. The maximum absolute atomic E-state index is 12.8. The Morgan fingerprint density at radius 3 is 2.75 bits per heavy atom. The Balaban J connectivity index is 2.08. The highest BCUT2D eigenvalue weighted by Gasteiger charge is 2.35. The van der Waals surface area contributed by atoms with Crippen molar-refractivity contribution in [1.29, 1.82) is 0 Å². The van der Waals surface area contributed by atoms with E-state index >= 15 is 0 Å². The van der Waals surface area contributed by atoms with Crippen LogP contribution >= 0.6 is 0 Å². The Labute approximate surface area is 113 Å². The number of aromatic nitrogens is 3. The first kappa shape index (κ1) is 13.2. The third-order valence-corrected chi connectivity index (χ3v) is 3.47. The summed E-state index contributed by atoms with van der Waals surface area (Å²) < 4.78 is 39.5. The molecule has 0 radical (unpaired) electrons. The minimum Gasteiger partial charge on any atom is -0.350 e. The Hall–Kier alpha value is -1.83. The molecule has 8 heteroatoms. The summed E-state index contributed by atoms with van der Waals surface area (Å²) in [6, 6.07) is 1.32. The quantitative estimate of drug-likeness (QED) is 0.929. The molecule has 0 bridgehead atoms. The van der Waals surface area contributed by atoms with E-state index in [-0.39, 0.29) is 6.04 Å². The number of hydrogen-bond acceptors (Lipinski definition) is 4. The summed E-state index contributed by atoms with van der Waals surface area (Å²) in [4.78, 5) is 6.25. The molecular formula is C12H14F3N5. The van der Waals surface area contributed by atoms with Crippen molar-refractivity contribution in [1.82, 2.24) is 19.9 Å². The van der Waals surface area contributed by atoms with Crippen molar-refractivity contribution in [3.8, 4) is 0 Å². The summed E-state index contributed by atoms with van der Waals surface area (Å²) in [7, 11) is 0. The number of fused-ring (bicyclic) bond motifs is 1. The SMILES string of the molecule is CCN(c1nccn2nc(C(F)(F)F)cc12)C1CNC1. The first-order chi connectivity index (χ1) is 9.50. The molecule has 5 nitrogen and oxygen atoms in total. The van der Waals surface area contributed by atoms with Crippen LogP contribution in [0.5, 0.6) is 0 Å². The van der Waals surface area contributed by atoms with E-state index in [0.29, 0.717) is 17.9 Å². The van der Waals surface area contributed by atoms with E-state index in [1.165, 1.54) is 16.9 Å². The molecule has 1 saturated heterocycles. The number of alkyl halides is 3. The van der Waals surface area contributed by atoms with Gasteiger partial charge in [-0.15, -0.1) is 0 Å². The fraction of sp³-hybridized carbons (Fsp3) is 0.500. The lowest BCUT2D eigenvalue weighted by Crippen LogP contribution is -2.57. The van der Waals surface area contributed by atoms with Gasteiger partial charge in [-0.25, -0.2) is 9.50 Å².